The largest absolute Gasteiger partial charge is 0.494 e. The molecule has 7 heteroatoms. The predicted octanol–water partition coefficient (Wildman–Crippen LogP) is 5.82. The van der Waals surface area contributed by atoms with E-state index in [2.05, 4.69) is 36.0 Å². The van der Waals surface area contributed by atoms with Gasteiger partial charge < -0.3 is 19.4 Å². The third-order valence-electron chi connectivity index (χ3n) is 6.13. The van der Waals surface area contributed by atoms with Crippen molar-refractivity contribution in [2.24, 2.45) is 0 Å². The van der Waals surface area contributed by atoms with Gasteiger partial charge in [-0.1, -0.05) is 35.3 Å². The molecule has 1 aliphatic heterocycles. The van der Waals surface area contributed by atoms with Gasteiger partial charge in [0, 0.05) is 25.7 Å². The number of hydrogen-bond acceptors (Lipinski definition) is 4. The topological polar surface area (TPSA) is 36.0 Å². The van der Waals surface area contributed by atoms with Crippen LogP contribution in [0.4, 0.5) is 5.69 Å². The van der Waals surface area contributed by atoms with Crippen LogP contribution in [0.5, 0.6) is 5.75 Å². The molecule has 0 N–H and O–H groups in total. The molecule has 5 nitrogen and oxygen atoms in total. The van der Waals surface area contributed by atoms with Gasteiger partial charge in [0.25, 0.3) is 0 Å². The van der Waals surface area contributed by atoms with Gasteiger partial charge in [-0.2, -0.15) is 0 Å². The van der Waals surface area contributed by atoms with Gasteiger partial charge >= 0.3 is 0 Å². The Hall–Kier alpha value is -1.79. The average molecular weight is 492 g/mol. The zero-order valence-corrected chi connectivity index (χ0v) is 21.6. The lowest BCUT2D eigenvalue weighted by Crippen LogP contribution is -2.40. The Kier molecular flexibility index (Phi) is 9.45. The molecular weight excluding hydrogens is 457 g/mol. The van der Waals surface area contributed by atoms with Crippen LogP contribution >= 0.6 is 23.2 Å². The third kappa shape index (κ3) is 6.86. The van der Waals surface area contributed by atoms with Crippen LogP contribution in [0.1, 0.15) is 43.4 Å². The first-order valence-electron chi connectivity index (χ1n) is 11.6. The summed E-state index contributed by atoms with van der Waals surface area (Å²) in [6.45, 7) is 8.06. The minimum atomic E-state index is -0.140. The van der Waals surface area contributed by atoms with Crippen LogP contribution in [0.3, 0.4) is 0 Å². The molecule has 0 radical (unpaired) electrons. The van der Waals surface area contributed by atoms with Crippen molar-refractivity contribution in [2.75, 3.05) is 51.8 Å². The third-order valence-corrected chi connectivity index (χ3v) is 7.03. The maximum atomic E-state index is 13.0. The lowest BCUT2D eigenvalue weighted by Gasteiger charge is -2.35. The summed E-state index contributed by atoms with van der Waals surface area (Å²) in [5.41, 5.74) is 2.68. The Bertz CT molecular complexity index is 928. The fraction of sp³-hybridized carbons (Fsp3) is 0.500. The van der Waals surface area contributed by atoms with E-state index in [9.17, 15) is 4.79 Å². The van der Waals surface area contributed by atoms with Crippen LogP contribution in [-0.2, 0) is 4.79 Å². The first-order chi connectivity index (χ1) is 15.8. The number of carbonyl (C=O) groups is 1. The highest BCUT2D eigenvalue weighted by Gasteiger charge is 2.29. The number of carbonyl (C=O) groups excluding carboxylic acids is 1. The molecule has 180 valence electrons. The Morgan fingerprint density at radius 2 is 1.76 bits per heavy atom. The van der Waals surface area contributed by atoms with Crippen molar-refractivity contribution in [1.29, 1.82) is 0 Å². The van der Waals surface area contributed by atoms with E-state index >= 15 is 0 Å². The van der Waals surface area contributed by atoms with Crippen molar-refractivity contribution in [3.05, 3.63) is 57.6 Å². The van der Waals surface area contributed by atoms with E-state index in [4.69, 9.17) is 27.9 Å². The summed E-state index contributed by atoms with van der Waals surface area (Å²) in [6, 6.07) is 11.7. The summed E-state index contributed by atoms with van der Waals surface area (Å²) >= 11 is 12.7. The van der Waals surface area contributed by atoms with Crippen LogP contribution < -0.4 is 9.64 Å². The first kappa shape index (κ1) is 25.8. The van der Waals surface area contributed by atoms with E-state index in [1.54, 1.807) is 13.0 Å². The number of likely N-dealkylation sites (tertiary alicyclic amines) is 1. The highest BCUT2D eigenvalue weighted by molar-refractivity contribution is 6.42. The van der Waals surface area contributed by atoms with Crippen molar-refractivity contribution < 1.29 is 9.53 Å². The molecule has 1 heterocycles. The fourth-order valence-corrected chi connectivity index (χ4v) is 4.73. The number of nitrogens with zero attached hydrogens (tertiary/aromatic N) is 3. The summed E-state index contributed by atoms with van der Waals surface area (Å²) in [5.74, 6) is 0.821. The average Bonchev–Trinajstić information content (AvgIpc) is 3.29. The summed E-state index contributed by atoms with van der Waals surface area (Å²) < 4.78 is 5.92. The molecule has 1 fully saturated rings. The molecule has 2 aromatic carbocycles. The molecule has 33 heavy (non-hydrogen) atoms. The fourth-order valence-electron chi connectivity index (χ4n) is 4.36. The van der Waals surface area contributed by atoms with Gasteiger partial charge in [0.15, 0.2) is 0 Å². The summed E-state index contributed by atoms with van der Waals surface area (Å²) in [4.78, 5) is 19.4. The molecular formula is C26H35Cl2N3O2. The highest BCUT2D eigenvalue weighted by Crippen LogP contribution is 2.37. The molecule has 1 saturated heterocycles. The number of benzene rings is 2. The molecule has 1 unspecified atom stereocenters. The van der Waals surface area contributed by atoms with Crippen molar-refractivity contribution >= 4 is 34.8 Å². The Balaban J connectivity index is 1.88. The van der Waals surface area contributed by atoms with Crippen molar-refractivity contribution in [1.82, 2.24) is 9.80 Å². The number of ether oxygens (including phenoxy) is 1. The van der Waals surface area contributed by atoms with Gasteiger partial charge in [-0.25, -0.2) is 0 Å². The Labute approximate surface area is 208 Å². The summed E-state index contributed by atoms with van der Waals surface area (Å²) in [7, 11) is 4.12. The second kappa shape index (κ2) is 12.1. The van der Waals surface area contributed by atoms with Crippen LogP contribution in [0.2, 0.25) is 10.0 Å². The molecule has 1 atom stereocenters. The van der Waals surface area contributed by atoms with Gasteiger partial charge in [-0.05, 0) is 88.8 Å². The normalized spacial score (nSPS) is 15.1. The molecule has 1 aliphatic rings. The number of anilines is 1. The van der Waals surface area contributed by atoms with E-state index in [1.807, 2.05) is 30.0 Å². The predicted molar refractivity (Wildman–Crippen MR) is 138 cm³/mol. The maximum absolute atomic E-state index is 13.0. The lowest BCUT2D eigenvalue weighted by atomic mass is 10.0. The van der Waals surface area contributed by atoms with Crippen LogP contribution in [0.25, 0.3) is 0 Å². The lowest BCUT2D eigenvalue weighted by molar-refractivity contribution is -0.117. The maximum Gasteiger partial charge on any atom is 0.224 e. The van der Waals surface area contributed by atoms with Crippen molar-refractivity contribution in [2.45, 2.75) is 39.2 Å². The van der Waals surface area contributed by atoms with E-state index < -0.39 is 0 Å². The molecule has 3 rings (SSSR count). The number of halogens is 2. The Morgan fingerprint density at radius 3 is 2.36 bits per heavy atom. The first-order valence-corrected chi connectivity index (χ1v) is 12.4. The minimum absolute atomic E-state index is 0.0234. The molecule has 0 saturated carbocycles. The van der Waals surface area contributed by atoms with Crippen molar-refractivity contribution in [3.63, 3.8) is 0 Å². The molecule has 0 bridgehead atoms. The molecule has 0 spiro atoms. The second-order valence-corrected chi connectivity index (χ2v) is 9.78. The zero-order chi connectivity index (χ0) is 24.0. The second-order valence-electron chi connectivity index (χ2n) is 8.99. The highest BCUT2D eigenvalue weighted by atomic mass is 35.5. The van der Waals surface area contributed by atoms with Gasteiger partial charge in [0.2, 0.25) is 5.91 Å². The minimum Gasteiger partial charge on any atom is -0.494 e. The standard InChI is InChI=1S/C26H35Cl2N3O2/c1-19-24(13-12-23(27)26(19)28)31(20(2)32)25(18-30-15-5-6-16-30)21-8-10-22(11-9-21)33-17-7-14-29(3)4/h8-13,25H,5-7,14-18H2,1-4H3. The molecule has 0 aromatic heterocycles. The van der Waals surface area contributed by atoms with Crippen molar-refractivity contribution in [3.8, 4) is 5.75 Å². The van der Waals surface area contributed by atoms with E-state index in [0.29, 0.717) is 16.7 Å². The van der Waals surface area contributed by atoms with Crippen LogP contribution in [0.15, 0.2) is 36.4 Å². The van der Waals surface area contributed by atoms with Gasteiger partial charge in [-0.3, -0.25) is 4.79 Å². The van der Waals surface area contributed by atoms with Gasteiger partial charge in [0.1, 0.15) is 5.75 Å². The molecule has 2 aromatic rings. The number of amides is 1. The zero-order valence-electron chi connectivity index (χ0n) is 20.1. The quantitative estimate of drug-likeness (QED) is 0.392. The van der Waals surface area contributed by atoms with Crippen LogP contribution in [0, 0.1) is 6.92 Å². The van der Waals surface area contributed by atoms with E-state index in [1.165, 1.54) is 12.8 Å². The Morgan fingerprint density at radius 1 is 1.09 bits per heavy atom. The smallest absolute Gasteiger partial charge is 0.224 e. The molecule has 1 amide bonds. The number of hydrogen-bond donors (Lipinski definition) is 0. The van der Waals surface area contributed by atoms with E-state index in [0.717, 1.165) is 55.2 Å². The summed E-state index contributed by atoms with van der Waals surface area (Å²) in [6.07, 6.45) is 3.36. The van der Waals surface area contributed by atoms with E-state index in [-0.39, 0.29) is 11.9 Å². The molecule has 0 aliphatic carbocycles. The SMILES string of the molecule is CC(=O)N(c1ccc(Cl)c(Cl)c1C)C(CN1CCCC1)c1ccc(OCCCN(C)C)cc1. The van der Waals surface area contributed by atoms with Crippen LogP contribution in [-0.4, -0.2) is 62.6 Å². The van der Waals surface area contributed by atoms with Gasteiger partial charge in [-0.15, -0.1) is 0 Å². The number of rotatable bonds is 10. The summed E-state index contributed by atoms with van der Waals surface area (Å²) in [5, 5.41) is 0.982. The monoisotopic (exact) mass is 491 g/mol. The van der Waals surface area contributed by atoms with Gasteiger partial charge in [0.05, 0.1) is 22.7 Å².